The van der Waals surface area contributed by atoms with E-state index >= 15 is 0 Å². The number of nitro groups is 1. The predicted molar refractivity (Wildman–Crippen MR) is 167 cm³/mol. The minimum Gasteiger partial charge on any atom is -0.482 e. The van der Waals surface area contributed by atoms with Crippen LogP contribution in [0.1, 0.15) is 49.4 Å². The Bertz CT molecular complexity index is 1800. The lowest BCUT2D eigenvalue weighted by Crippen LogP contribution is -2.33. The number of ether oxygens (including phenoxy) is 1. The van der Waals surface area contributed by atoms with E-state index in [1.807, 2.05) is 24.3 Å². The number of hydrogen-bond acceptors (Lipinski definition) is 5. The van der Waals surface area contributed by atoms with Crippen molar-refractivity contribution in [1.29, 1.82) is 0 Å². The van der Waals surface area contributed by atoms with Crippen molar-refractivity contribution in [3.63, 3.8) is 0 Å². The summed E-state index contributed by atoms with van der Waals surface area (Å²) in [5.41, 5.74) is 4.14. The van der Waals surface area contributed by atoms with E-state index < -0.39 is 11.0 Å². The molecule has 0 radical (unpaired) electrons. The number of fused-ring (bicyclic) bond motifs is 4. The Morgan fingerprint density at radius 3 is 2.61 bits per heavy atom. The lowest BCUT2D eigenvalue weighted by Gasteiger charge is -2.40. The standard InChI is InChI=1S/C32H25BrCl2N2O4/c1-32(2)14-23-28-21-6-4-3-5-17(21)8-10-25(28)36-30(29(23)27(38)15-32)22-11-19(33)12-26(37(39)40)31(22)41-16-18-7-9-20(34)13-24(18)35/h3-13,30,36H,14-16H2,1-2H3/t30-/m0/s1. The van der Waals surface area contributed by atoms with Crippen LogP contribution < -0.4 is 10.1 Å². The van der Waals surface area contributed by atoms with Gasteiger partial charge in [0.15, 0.2) is 5.78 Å². The maximum Gasteiger partial charge on any atom is 0.312 e. The van der Waals surface area contributed by atoms with Gasteiger partial charge in [-0.2, -0.15) is 0 Å². The number of carbonyl (C=O) groups is 1. The molecule has 0 bridgehead atoms. The summed E-state index contributed by atoms with van der Waals surface area (Å²) >= 11 is 15.9. The molecular weight excluding hydrogens is 627 g/mol. The minimum absolute atomic E-state index is 0.0154. The molecule has 2 aliphatic rings. The number of halogens is 3. The summed E-state index contributed by atoms with van der Waals surface area (Å²) in [5, 5.41) is 18.8. The number of nitrogens with zero attached hydrogens (tertiary/aromatic N) is 1. The largest absolute Gasteiger partial charge is 0.482 e. The number of Topliss-reactive ketones (excluding diaryl/α,β-unsaturated/α-hetero) is 1. The summed E-state index contributed by atoms with van der Waals surface area (Å²) in [7, 11) is 0. The van der Waals surface area contributed by atoms with Gasteiger partial charge >= 0.3 is 5.69 Å². The molecule has 1 heterocycles. The SMILES string of the molecule is CC1(C)CC(=O)C2=C(C1)c1c(ccc3ccccc13)N[C@H]2c1cc(Br)cc([N+](=O)[O-])c1OCc1ccc(Cl)cc1Cl. The zero-order valence-corrected chi connectivity index (χ0v) is 25.4. The second-order valence-corrected chi connectivity index (χ2v) is 13.0. The van der Waals surface area contributed by atoms with Crippen LogP contribution in [0.5, 0.6) is 5.75 Å². The Morgan fingerprint density at radius 2 is 1.85 bits per heavy atom. The minimum atomic E-state index is -0.658. The van der Waals surface area contributed by atoms with E-state index in [0.717, 1.165) is 27.6 Å². The number of benzene rings is 4. The molecule has 1 N–H and O–H groups in total. The number of ketones is 1. The maximum absolute atomic E-state index is 13.9. The van der Waals surface area contributed by atoms with E-state index in [0.29, 0.717) is 44.1 Å². The number of nitrogens with one attached hydrogen (secondary N) is 1. The smallest absolute Gasteiger partial charge is 0.312 e. The molecule has 208 valence electrons. The highest BCUT2D eigenvalue weighted by molar-refractivity contribution is 9.10. The molecule has 0 aromatic heterocycles. The lowest BCUT2D eigenvalue weighted by atomic mass is 9.67. The van der Waals surface area contributed by atoms with Gasteiger partial charge in [0.1, 0.15) is 6.61 Å². The average molecular weight is 652 g/mol. The Morgan fingerprint density at radius 1 is 1.07 bits per heavy atom. The third-order valence-corrected chi connectivity index (χ3v) is 8.74. The van der Waals surface area contributed by atoms with E-state index in [2.05, 4.69) is 47.2 Å². The van der Waals surface area contributed by atoms with Crippen molar-refractivity contribution in [2.75, 3.05) is 5.32 Å². The van der Waals surface area contributed by atoms with Crippen molar-refractivity contribution in [1.82, 2.24) is 0 Å². The summed E-state index contributed by atoms with van der Waals surface area (Å²) in [5.74, 6) is 0.0945. The summed E-state index contributed by atoms with van der Waals surface area (Å²) in [6, 6.07) is 19.7. The van der Waals surface area contributed by atoms with Crippen molar-refractivity contribution in [2.24, 2.45) is 5.41 Å². The quantitative estimate of drug-likeness (QED) is 0.172. The zero-order chi connectivity index (χ0) is 29.1. The number of anilines is 1. The first-order valence-corrected chi connectivity index (χ1v) is 14.7. The molecule has 6 rings (SSSR count). The topological polar surface area (TPSA) is 81.5 Å². The monoisotopic (exact) mass is 650 g/mol. The number of rotatable bonds is 5. The highest BCUT2D eigenvalue weighted by Crippen LogP contribution is 2.54. The average Bonchev–Trinajstić information content (AvgIpc) is 2.91. The third-order valence-electron chi connectivity index (χ3n) is 7.70. The van der Waals surface area contributed by atoms with Crippen LogP contribution in [0.15, 0.2) is 76.8 Å². The van der Waals surface area contributed by atoms with Gasteiger partial charge < -0.3 is 10.1 Å². The number of allylic oxidation sites excluding steroid dienone is 1. The summed E-state index contributed by atoms with van der Waals surface area (Å²) in [4.78, 5) is 25.7. The van der Waals surface area contributed by atoms with Crippen molar-refractivity contribution in [3.05, 3.63) is 114 Å². The van der Waals surface area contributed by atoms with E-state index in [1.54, 1.807) is 24.3 Å². The van der Waals surface area contributed by atoms with Gasteiger partial charge in [-0.25, -0.2) is 0 Å². The van der Waals surface area contributed by atoms with Gasteiger partial charge in [-0.1, -0.05) is 89.4 Å². The molecule has 0 amide bonds. The van der Waals surface area contributed by atoms with Gasteiger partial charge in [0, 0.05) is 55.0 Å². The van der Waals surface area contributed by atoms with Crippen LogP contribution in [-0.2, 0) is 11.4 Å². The predicted octanol–water partition coefficient (Wildman–Crippen LogP) is 9.71. The summed E-state index contributed by atoms with van der Waals surface area (Å²) in [6.45, 7) is 4.18. The Balaban J connectivity index is 1.56. The van der Waals surface area contributed by atoms with Gasteiger partial charge in [0.05, 0.1) is 11.0 Å². The summed E-state index contributed by atoms with van der Waals surface area (Å²) < 4.78 is 6.70. The first-order chi connectivity index (χ1) is 19.5. The molecule has 1 atom stereocenters. The number of carbonyl (C=O) groups excluding carboxylic acids is 1. The summed E-state index contributed by atoms with van der Waals surface area (Å²) in [6.07, 6.45) is 1.07. The fourth-order valence-corrected chi connectivity index (χ4v) is 6.89. The van der Waals surface area contributed by atoms with Gasteiger partial charge in [-0.15, -0.1) is 0 Å². The van der Waals surface area contributed by atoms with Crippen molar-refractivity contribution in [2.45, 2.75) is 39.3 Å². The van der Waals surface area contributed by atoms with Gasteiger partial charge in [-0.05, 0) is 52.4 Å². The molecule has 4 aromatic carbocycles. The first kappa shape index (κ1) is 27.8. The molecule has 0 saturated carbocycles. The number of nitro benzene ring substituents is 1. The van der Waals surface area contributed by atoms with Gasteiger partial charge in [0.2, 0.25) is 5.75 Å². The van der Waals surface area contributed by atoms with Gasteiger partial charge in [0.25, 0.3) is 0 Å². The molecule has 41 heavy (non-hydrogen) atoms. The van der Waals surface area contributed by atoms with Crippen LogP contribution in [0.4, 0.5) is 11.4 Å². The Hall–Kier alpha value is -3.39. The van der Waals surface area contributed by atoms with Crippen LogP contribution in [-0.4, -0.2) is 10.7 Å². The van der Waals surface area contributed by atoms with Crippen molar-refractivity contribution >= 4 is 72.6 Å². The van der Waals surface area contributed by atoms with Crippen LogP contribution in [0.25, 0.3) is 16.3 Å². The van der Waals surface area contributed by atoms with Crippen LogP contribution in [0.3, 0.4) is 0 Å². The second kappa shape index (κ2) is 10.5. The van der Waals surface area contributed by atoms with Gasteiger partial charge in [-0.3, -0.25) is 14.9 Å². The Kier molecular flexibility index (Phi) is 7.09. The second-order valence-electron chi connectivity index (χ2n) is 11.2. The molecule has 0 spiro atoms. The van der Waals surface area contributed by atoms with Crippen molar-refractivity contribution in [3.8, 4) is 5.75 Å². The highest BCUT2D eigenvalue weighted by Gasteiger charge is 2.42. The molecule has 6 nitrogen and oxygen atoms in total. The third kappa shape index (κ3) is 5.11. The first-order valence-electron chi connectivity index (χ1n) is 13.1. The molecule has 4 aromatic rings. The fourth-order valence-electron chi connectivity index (χ4n) is 5.97. The van der Waals surface area contributed by atoms with Crippen LogP contribution in [0.2, 0.25) is 10.0 Å². The molecule has 1 aliphatic carbocycles. The molecule has 1 aliphatic heterocycles. The lowest BCUT2D eigenvalue weighted by molar-refractivity contribution is -0.386. The Labute approximate surface area is 255 Å². The zero-order valence-electron chi connectivity index (χ0n) is 22.3. The van der Waals surface area contributed by atoms with E-state index in [4.69, 9.17) is 27.9 Å². The molecule has 0 fully saturated rings. The molecule has 9 heteroatoms. The van der Waals surface area contributed by atoms with E-state index in [9.17, 15) is 14.9 Å². The fraction of sp³-hybridized carbons (Fsp3) is 0.219. The van der Waals surface area contributed by atoms with Crippen LogP contribution >= 0.6 is 39.1 Å². The molecule has 0 unspecified atom stereocenters. The molecule has 0 saturated heterocycles. The van der Waals surface area contributed by atoms with E-state index in [1.165, 1.54) is 6.07 Å². The molecular formula is C32H25BrCl2N2O4. The maximum atomic E-state index is 13.9. The van der Waals surface area contributed by atoms with Crippen molar-refractivity contribution < 1.29 is 14.5 Å². The number of hydrogen-bond donors (Lipinski definition) is 1. The van der Waals surface area contributed by atoms with Crippen LogP contribution in [0, 0.1) is 15.5 Å². The highest BCUT2D eigenvalue weighted by atomic mass is 79.9. The normalized spacial score (nSPS) is 17.6. The van der Waals surface area contributed by atoms with E-state index in [-0.39, 0.29) is 29.2 Å².